The third-order valence-electron chi connectivity index (χ3n) is 2.58. The molecule has 4 heteroatoms. The maximum absolute atomic E-state index is 5.63. The molecule has 2 rings (SSSR count). The van der Waals surface area contributed by atoms with Crippen LogP contribution in [-0.2, 0) is 0 Å². The first kappa shape index (κ1) is 9.40. The molecule has 0 radical (unpaired) electrons. The van der Waals surface area contributed by atoms with Crippen LogP contribution in [0.2, 0.25) is 0 Å². The van der Waals surface area contributed by atoms with Gasteiger partial charge >= 0.3 is 0 Å². The van der Waals surface area contributed by atoms with E-state index in [-0.39, 0.29) is 0 Å². The van der Waals surface area contributed by atoms with Gasteiger partial charge in [0, 0.05) is 6.07 Å². The number of hydrogen-bond acceptors (Lipinski definition) is 4. The Morgan fingerprint density at radius 3 is 3.00 bits per heavy atom. The predicted octanol–water partition coefficient (Wildman–Crippen LogP) is 0.901. The summed E-state index contributed by atoms with van der Waals surface area (Å²) in [5.74, 6) is 1.27. The van der Waals surface area contributed by atoms with Crippen LogP contribution in [0.4, 0.5) is 0 Å². The summed E-state index contributed by atoms with van der Waals surface area (Å²) in [7, 11) is 0. The standard InChI is InChI=1S/C10H15N3O/c1-7-2-10(13-12-6-7)14-9-3-8(4-9)5-11/h2,6,8-9H,3-5,11H2,1H3. The highest BCUT2D eigenvalue weighted by Gasteiger charge is 2.29. The molecule has 0 unspecified atom stereocenters. The molecule has 2 N–H and O–H groups in total. The monoisotopic (exact) mass is 193 g/mol. The van der Waals surface area contributed by atoms with E-state index in [0.29, 0.717) is 17.9 Å². The molecule has 1 saturated carbocycles. The molecular formula is C10H15N3O. The van der Waals surface area contributed by atoms with Gasteiger partial charge in [-0.05, 0) is 37.8 Å². The molecule has 0 atom stereocenters. The summed E-state index contributed by atoms with van der Waals surface area (Å²) in [6.07, 6.45) is 4.11. The predicted molar refractivity (Wildman–Crippen MR) is 53.0 cm³/mol. The van der Waals surface area contributed by atoms with Crippen LogP contribution in [0, 0.1) is 12.8 Å². The van der Waals surface area contributed by atoms with Crippen LogP contribution in [0.3, 0.4) is 0 Å². The summed E-state index contributed by atoms with van der Waals surface area (Å²) in [4.78, 5) is 0. The van der Waals surface area contributed by atoms with E-state index < -0.39 is 0 Å². The molecule has 1 aliphatic carbocycles. The van der Waals surface area contributed by atoms with E-state index in [1.54, 1.807) is 6.20 Å². The largest absolute Gasteiger partial charge is 0.473 e. The number of hydrogen-bond donors (Lipinski definition) is 1. The zero-order valence-electron chi connectivity index (χ0n) is 8.31. The van der Waals surface area contributed by atoms with Crippen molar-refractivity contribution in [2.75, 3.05) is 6.54 Å². The van der Waals surface area contributed by atoms with Crippen LogP contribution in [0.25, 0.3) is 0 Å². The van der Waals surface area contributed by atoms with Crippen molar-refractivity contribution in [2.45, 2.75) is 25.9 Å². The molecule has 1 heterocycles. The minimum Gasteiger partial charge on any atom is -0.473 e. The van der Waals surface area contributed by atoms with E-state index in [1.165, 1.54) is 0 Å². The minimum atomic E-state index is 0.291. The number of nitrogens with two attached hydrogens (primary N) is 1. The Morgan fingerprint density at radius 2 is 2.36 bits per heavy atom. The van der Waals surface area contributed by atoms with Crippen molar-refractivity contribution < 1.29 is 4.74 Å². The van der Waals surface area contributed by atoms with Gasteiger partial charge in [0.1, 0.15) is 6.10 Å². The summed E-state index contributed by atoms with van der Waals surface area (Å²) < 4.78 is 5.63. The second-order valence-electron chi connectivity index (χ2n) is 3.88. The van der Waals surface area contributed by atoms with Gasteiger partial charge in [-0.15, -0.1) is 5.10 Å². The first-order chi connectivity index (χ1) is 6.78. The number of aryl methyl sites for hydroxylation is 1. The maximum Gasteiger partial charge on any atom is 0.233 e. The van der Waals surface area contributed by atoms with Crippen molar-refractivity contribution in [1.82, 2.24) is 10.2 Å². The molecule has 0 amide bonds. The topological polar surface area (TPSA) is 61.0 Å². The van der Waals surface area contributed by atoms with Crippen LogP contribution in [0.5, 0.6) is 5.88 Å². The zero-order valence-corrected chi connectivity index (χ0v) is 8.31. The second kappa shape index (κ2) is 3.92. The van der Waals surface area contributed by atoms with E-state index in [0.717, 1.165) is 24.9 Å². The van der Waals surface area contributed by atoms with Crippen LogP contribution >= 0.6 is 0 Å². The molecule has 0 spiro atoms. The van der Waals surface area contributed by atoms with Gasteiger partial charge in [-0.3, -0.25) is 0 Å². The highest BCUT2D eigenvalue weighted by molar-refractivity contribution is 5.15. The van der Waals surface area contributed by atoms with Gasteiger partial charge in [0.05, 0.1) is 6.20 Å². The van der Waals surface area contributed by atoms with E-state index >= 15 is 0 Å². The lowest BCUT2D eigenvalue weighted by Gasteiger charge is -2.33. The Labute approximate surface area is 83.5 Å². The highest BCUT2D eigenvalue weighted by atomic mass is 16.5. The van der Waals surface area contributed by atoms with Gasteiger partial charge in [-0.2, -0.15) is 5.10 Å². The van der Waals surface area contributed by atoms with Crippen molar-refractivity contribution >= 4 is 0 Å². The molecule has 1 aliphatic rings. The van der Waals surface area contributed by atoms with Gasteiger partial charge in [-0.1, -0.05) is 0 Å². The average molecular weight is 193 g/mol. The van der Waals surface area contributed by atoms with Crippen LogP contribution in [-0.4, -0.2) is 22.8 Å². The Morgan fingerprint density at radius 1 is 1.57 bits per heavy atom. The first-order valence-corrected chi connectivity index (χ1v) is 4.94. The third kappa shape index (κ3) is 2.01. The molecule has 76 valence electrons. The Hall–Kier alpha value is -1.16. The van der Waals surface area contributed by atoms with Crippen LogP contribution in [0.1, 0.15) is 18.4 Å². The number of rotatable bonds is 3. The van der Waals surface area contributed by atoms with Gasteiger partial charge < -0.3 is 10.5 Å². The molecule has 1 aromatic rings. The van der Waals surface area contributed by atoms with E-state index in [2.05, 4.69) is 10.2 Å². The molecule has 0 aromatic carbocycles. The zero-order chi connectivity index (χ0) is 9.97. The summed E-state index contributed by atoms with van der Waals surface area (Å²) in [5, 5.41) is 7.74. The lowest BCUT2D eigenvalue weighted by atomic mass is 9.82. The van der Waals surface area contributed by atoms with Crippen molar-refractivity contribution in [3.05, 3.63) is 17.8 Å². The van der Waals surface area contributed by atoms with Gasteiger partial charge in [-0.25, -0.2) is 0 Å². The van der Waals surface area contributed by atoms with Gasteiger partial charge in [0.2, 0.25) is 5.88 Å². The first-order valence-electron chi connectivity index (χ1n) is 4.94. The average Bonchev–Trinajstić information content (AvgIpc) is 2.10. The Bertz CT molecular complexity index is 310. The molecule has 1 fully saturated rings. The van der Waals surface area contributed by atoms with Crippen molar-refractivity contribution in [1.29, 1.82) is 0 Å². The Kier molecular flexibility index (Phi) is 2.63. The maximum atomic E-state index is 5.63. The number of nitrogens with zero attached hydrogens (tertiary/aromatic N) is 2. The molecule has 4 nitrogen and oxygen atoms in total. The summed E-state index contributed by atoms with van der Waals surface area (Å²) in [6.45, 7) is 2.74. The Balaban J connectivity index is 1.87. The molecule has 0 saturated heterocycles. The quantitative estimate of drug-likeness (QED) is 0.774. The van der Waals surface area contributed by atoms with E-state index in [4.69, 9.17) is 10.5 Å². The van der Waals surface area contributed by atoms with Crippen molar-refractivity contribution in [3.8, 4) is 5.88 Å². The van der Waals surface area contributed by atoms with Crippen LogP contribution in [0.15, 0.2) is 12.3 Å². The van der Waals surface area contributed by atoms with Crippen molar-refractivity contribution in [3.63, 3.8) is 0 Å². The fourth-order valence-corrected chi connectivity index (χ4v) is 1.63. The SMILES string of the molecule is Cc1cnnc(OC2CC(CN)C2)c1. The minimum absolute atomic E-state index is 0.291. The number of ether oxygens (including phenoxy) is 1. The summed E-state index contributed by atoms with van der Waals surface area (Å²) in [5.41, 5.74) is 6.60. The van der Waals surface area contributed by atoms with E-state index in [9.17, 15) is 0 Å². The lowest BCUT2D eigenvalue weighted by molar-refractivity contribution is 0.0639. The third-order valence-corrected chi connectivity index (χ3v) is 2.58. The smallest absolute Gasteiger partial charge is 0.233 e. The molecule has 0 bridgehead atoms. The molecule has 14 heavy (non-hydrogen) atoms. The lowest BCUT2D eigenvalue weighted by Crippen LogP contribution is -2.37. The highest BCUT2D eigenvalue weighted by Crippen LogP contribution is 2.29. The van der Waals surface area contributed by atoms with E-state index in [1.807, 2.05) is 13.0 Å². The van der Waals surface area contributed by atoms with Crippen molar-refractivity contribution in [2.24, 2.45) is 11.7 Å². The summed E-state index contributed by atoms with van der Waals surface area (Å²) >= 11 is 0. The van der Waals surface area contributed by atoms with Gasteiger partial charge in [0.15, 0.2) is 0 Å². The second-order valence-corrected chi connectivity index (χ2v) is 3.88. The summed E-state index contributed by atoms with van der Waals surface area (Å²) in [6, 6.07) is 1.91. The van der Waals surface area contributed by atoms with Gasteiger partial charge in [0.25, 0.3) is 0 Å². The molecule has 0 aliphatic heterocycles. The fraction of sp³-hybridized carbons (Fsp3) is 0.600. The van der Waals surface area contributed by atoms with Crippen LogP contribution < -0.4 is 10.5 Å². The molecular weight excluding hydrogens is 178 g/mol. The molecule has 1 aromatic heterocycles. The normalized spacial score (nSPS) is 25.6. The fourth-order valence-electron chi connectivity index (χ4n) is 1.63. The number of aromatic nitrogens is 2.